The van der Waals surface area contributed by atoms with Crippen molar-refractivity contribution in [2.24, 2.45) is 0 Å². The van der Waals surface area contributed by atoms with Crippen molar-refractivity contribution in [1.82, 2.24) is 5.32 Å². The number of furan rings is 1. The number of hydrogen-bond acceptors (Lipinski definition) is 4. The molecule has 104 valence electrons. The summed E-state index contributed by atoms with van der Waals surface area (Å²) in [6.45, 7) is 2.13. The Balaban J connectivity index is 1.89. The summed E-state index contributed by atoms with van der Waals surface area (Å²) in [6.07, 6.45) is 4.14. The Morgan fingerprint density at radius 3 is 2.95 bits per heavy atom. The Kier molecular flexibility index (Phi) is 4.52. The number of carboxylic acids is 1. The molecule has 0 bridgehead atoms. The average Bonchev–Trinajstić information content (AvgIpc) is 2.98. The summed E-state index contributed by atoms with van der Waals surface area (Å²) in [5.74, 6) is -0.280. The van der Waals surface area contributed by atoms with Crippen LogP contribution in [0.3, 0.4) is 0 Å². The highest BCUT2D eigenvalue weighted by molar-refractivity contribution is 7.99. The minimum absolute atomic E-state index is 0.00372. The van der Waals surface area contributed by atoms with Crippen LogP contribution in [0.1, 0.15) is 47.1 Å². The van der Waals surface area contributed by atoms with Gasteiger partial charge >= 0.3 is 5.97 Å². The summed E-state index contributed by atoms with van der Waals surface area (Å²) >= 11 is 1.92. The molecule has 1 saturated carbocycles. The van der Waals surface area contributed by atoms with Crippen molar-refractivity contribution in [3.8, 4) is 0 Å². The SMILES string of the molecule is CCSC1CCC(NC(=O)c2cc(C(=O)O)co2)C1. The van der Waals surface area contributed by atoms with E-state index in [0.29, 0.717) is 5.25 Å². The van der Waals surface area contributed by atoms with Crippen LogP contribution in [0.25, 0.3) is 0 Å². The highest BCUT2D eigenvalue weighted by Crippen LogP contribution is 2.29. The molecule has 2 N–H and O–H groups in total. The predicted molar refractivity (Wildman–Crippen MR) is 72.7 cm³/mol. The average molecular weight is 283 g/mol. The molecule has 0 aromatic carbocycles. The van der Waals surface area contributed by atoms with Crippen LogP contribution < -0.4 is 5.32 Å². The molecule has 1 amide bonds. The number of amides is 1. The Morgan fingerprint density at radius 1 is 1.53 bits per heavy atom. The molecule has 2 atom stereocenters. The first-order valence-corrected chi connectivity index (χ1v) is 7.39. The Labute approximate surface area is 115 Å². The number of carbonyl (C=O) groups is 2. The maximum atomic E-state index is 11.9. The van der Waals surface area contributed by atoms with Gasteiger partial charge in [-0.05, 0) is 25.0 Å². The van der Waals surface area contributed by atoms with Gasteiger partial charge in [0.05, 0.1) is 5.56 Å². The minimum Gasteiger partial charge on any atom is -0.478 e. The topological polar surface area (TPSA) is 79.5 Å². The summed E-state index contributed by atoms with van der Waals surface area (Å²) in [5, 5.41) is 12.3. The fourth-order valence-corrected chi connectivity index (χ4v) is 3.42. The molecule has 1 fully saturated rings. The second-order valence-corrected chi connectivity index (χ2v) is 6.14. The van der Waals surface area contributed by atoms with Crippen LogP contribution >= 0.6 is 11.8 Å². The molecule has 1 aliphatic carbocycles. The Morgan fingerprint density at radius 2 is 2.32 bits per heavy atom. The lowest BCUT2D eigenvalue weighted by Gasteiger charge is -2.11. The number of carboxylic acid groups (broad SMARTS) is 1. The molecule has 1 heterocycles. The van der Waals surface area contributed by atoms with Gasteiger partial charge in [0.25, 0.3) is 5.91 Å². The lowest BCUT2D eigenvalue weighted by Crippen LogP contribution is -2.32. The first-order valence-electron chi connectivity index (χ1n) is 6.34. The number of rotatable bonds is 5. The fraction of sp³-hybridized carbons (Fsp3) is 0.538. The summed E-state index contributed by atoms with van der Waals surface area (Å²) in [7, 11) is 0. The zero-order chi connectivity index (χ0) is 13.8. The lowest BCUT2D eigenvalue weighted by molar-refractivity contribution is 0.0695. The van der Waals surface area contributed by atoms with E-state index < -0.39 is 5.97 Å². The third kappa shape index (κ3) is 3.53. The summed E-state index contributed by atoms with van der Waals surface area (Å²) in [6, 6.07) is 1.42. The largest absolute Gasteiger partial charge is 0.478 e. The van der Waals surface area contributed by atoms with Gasteiger partial charge in [0.15, 0.2) is 5.76 Å². The number of carbonyl (C=O) groups excluding carboxylic acids is 1. The van der Waals surface area contributed by atoms with Crippen LogP contribution in [0.15, 0.2) is 16.7 Å². The maximum Gasteiger partial charge on any atom is 0.338 e. The first kappa shape index (κ1) is 14.0. The van der Waals surface area contributed by atoms with Crippen molar-refractivity contribution in [2.75, 3.05) is 5.75 Å². The standard InChI is InChI=1S/C13H17NO4S/c1-2-19-10-4-3-9(6-10)14-12(15)11-5-8(7-18-11)13(16)17/h5,7,9-10H,2-4,6H2,1H3,(H,14,15)(H,16,17). The normalized spacial score (nSPS) is 22.4. The number of hydrogen-bond donors (Lipinski definition) is 2. The van der Waals surface area contributed by atoms with Crippen molar-refractivity contribution in [3.63, 3.8) is 0 Å². The van der Waals surface area contributed by atoms with E-state index in [2.05, 4.69) is 12.2 Å². The smallest absolute Gasteiger partial charge is 0.338 e. The van der Waals surface area contributed by atoms with Crippen molar-refractivity contribution in [1.29, 1.82) is 0 Å². The molecule has 19 heavy (non-hydrogen) atoms. The van der Waals surface area contributed by atoms with Crippen LogP contribution in [0, 0.1) is 0 Å². The van der Waals surface area contributed by atoms with Crippen LogP contribution in [0.4, 0.5) is 0 Å². The second kappa shape index (κ2) is 6.14. The molecule has 0 saturated heterocycles. The molecular weight excluding hydrogens is 266 g/mol. The van der Waals surface area contributed by atoms with Crippen molar-refractivity contribution in [2.45, 2.75) is 37.5 Å². The number of thioether (sulfide) groups is 1. The minimum atomic E-state index is -1.09. The molecule has 0 aliphatic heterocycles. The highest BCUT2D eigenvalue weighted by atomic mass is 32.2. The molecule has 2 unspecified atom stereocenters. The third-order valence-electron chi connectivity index (χ3n) is 3.19. The van der Waals surface area contributed by atoms with Crippen molar-refractivity contribution < 1.29 is 19.1 Å². The van der Waals surface area contributed by atoms with Gasteiger partial charge < -0.3 is 14.8 Å². The van der Waals surface area contributed by atoms with Gasteiger partial charge in [0, 0.05) is 17.4 Å². The molecule has 5 nitrogen and oxygen atoms in total. The Bertz CT molecular complexity index is 471. The lowest BCUT2D eigenvalue weighted by atomic mass is 10.2. The van der Waals surface area contributed by atoms with E-state index in [1.807, 2.05) is 11.8 Å². The molecule has 1 aromatic rings. The quantitative estimate of drug-likeness (QED) is 0.867. The van der Waals surface area contributed by atoms with Gasteiger partial charge in [0.2, 0.25) is 0 Å². The molecule has 1 aromatic heterocycles. The van der Waals surface area contributed by atoms with Crippen LogP contribution in [0.5, 0.6) is 0 Å². The predicted octanol–water partition coefficient (Wildman–Crippen LogP) is 2.38. The van der Waals surface area contributed by atoms with Crippen molar-refractivity contribution >= 4 is 23.6 Å². The van der Waals surface area contributed by atoms with Gasteiger partial charge in [-0.3, -0.25) is 4.79 Å². The van der Waals surface area contributed by atoms with Crippen LogP contribution in [0.2, 0.25) is 0 Å². The molecule has 1 aliphatic rings. The summed E-state index contributed by atoms with van der Waals surface area (Å²) in [4.78, 5) is 22.6. The number of nitrogens with one attached hydrogen (secondary N) is 1. The summed E-state index contributed by atoms with van der Waals surface area (Å²) in [5.41, 5.74) is -0.00372. The van der Waals surface area contributed by atoms with Crippen LogP contribution in [-0.4, -0.2) is 34.0 Å². The molecule has 2 rings (SSSR count). The van der Waals surface area contributed by atoms with E-state index in [0.717, 1.165) is 31.3 Å². The van der Waals surface area contributed by atoms with E-state index >= 15 is 0 Å². The van der Waals surface area contributed by atoms with E-state index in [4.69, 9.17) is 9.52 Å². The van der Waals surface area contributed by atoms with E-state index in [1.54, 1.807) is 0 Å². The zero-order valence-corrected chi connectivity index (χ0v) is 11.5. The monoisotopic (exact) mass is 283 g/mol. The van der Waals surface area contributed by atoms with Crippen LogP contribution in [-0.2, 0) is 0 Å². The van der Waals surface area contributed by atoms with Gasteiger partial charge in [-0.25, -0.2) is 4.79 Å². The van der Waals surface area contributed by atoms with E-state index in [1.165, 1.54) is 6.07 Å². The van der Waals surface area contributed by atoms with E-state index in [-0.39, 0.29) is 23.3 Å². The third-order valence-corrected chi connectivity index (χ3v) is 4.43. The molecule has 0 spiro atoms. The summed E-state index contributed by atoms with van der Waals surface area (Å²) < 4.78 is 4.97. The van der Waals surface area contributed by atoms with Crippen molar-refractivity contribution in [3.05, 3.63) is 23.7 Å². The highest BCUT2D eigenvalue weighted by Gasteiger charge is 2.27. The maximum absolute atomic E-state index is 11.9. The first-order chi connectivity index (χ1) is 9.10. The van der Waals surface area contributed by atoms with Gasteiger partial charge in [-0.1, -0.05) is 6.92 Å². The Hall–Kier alpha value is -1.43. The molecule has 6 heteroatoms. The molecular formula is C13H17NO4S. The number of aromatic carboxylic acids is 1. The van der Waals surface area contributed by atoms with Gasteiger partial charge in [-0.15, -0.1) is 0 Å². The fourth-order valence-electron chi connectivity index (χ4n) is 2.28. The molecule has 0 radical (unpaired) electrons. The van der Waals surface area contributed by atoms with E-state index in [9.17, 15) is 9.59 Å². The van der Waals surface area contributed by atoms with Gasteiger partial charge in [-0.2, -0.15) is 11.8 Å². The second-order valence-electron chi connectivity index (χ2n) is 4.57. The van der Waals surface area contributed by atoms with Gasteiger partial charge in [0.1, 0.15) is 6.26 Å². The zero-order valence-electron chi connectivity index (χ0n) is 10.7.